The molecular weight excluding hydrogens is 372 g/mol. The van der Waals surface area contributed by atoms with Gasteiger partial charge in [0.05, 0.1) is 5.52 Å². The second-order valence-corrected chi connectivity index (χ2v) is 7.80. The molecule has 3 heterocycles. The number of nitrogens with zero attached hydrogens (tertiary/aromatic N) is 5. The van der Waals surface area contributed by atoms with E-state index < -0.39 is 0 Å². The monoisotopic (exact) mass is 396 g/mol. The van der Waals surface area contributed by atoms with Gasteiger partial charge < -0.3 is 10.6 Å². The van der Waals surface area contributed by atoms with Crippen LogP contribution >= 0.6 is 0 Å². The van der Waals surface area contributed by atoms with Crippen LogP contribution in [0.2, 0.25) is 0 Å². The number of amides is 2. The third kappa shape index (κ3) is 3.37. The van der Waals surface area contributed by atoms with Crippen LogP contribution in [0.3, 0.4) is 0 Å². The Kier molecular flexibility index (Phi) is 4.81. The van der Waals surface area contributed by atoms with Crippen molar-refractivity contribution in [3.05, 3.63) is 40.6 Å². The molecule has 1 aliphatic heterocycles. The van der Waals surface area contributed by atoms with E-state index in [1.165, 1.54) is 9.08 Å². The van der Waals surface area contributed by atoms with Crippen LogP contribution in [0.5, 0.6) is 0 Å². The highest BCUT2D eigenvalue weighted by Gasteiger charge is 2.27. The van der Waals surface area contributed by atoms with Crippen LogP contribution in [-0.4, -0.2) is 49.0 Å². The minimum absolute atomic E-state index is 0.0148. The van der Waals surface area contributed by atoms with Crippen molar-refractivity contribution in [2.45, 2.75) is 39.2 Å². The summed E-state index contributed by atoms with van der Waals surface area (Å²) in [5, 5.41) is 5.23. The van der Waals surface area contributed by atoms with Crippen LogP contribution in [0.15, 0.2) is 29.1 Å². The van der Waals surface area contributed by atoms with Crippen molar-refractivity contribution < 1.29 is 9.59 Å². The molecule has 9 nitrogen and oxygen atoms in total. The van der Waals surface area contributed by atoms with Crippen LogP contribution in [0, 0.1) is 5.92 Å². The number of piperidine rings is 1. The van der Waals surface area contributed by atoms with Crippen LogP contribution in [0.4, 0.5) is 0 Å². The van der Waals surface area contributed by atoms with Crippen LogP contribution in [-0.2, 0) is 16.1 Å². The zero-order chi connectivity index (χ0) is 20.7. The van der Waals surface area contributed by atoms with Crippen LogP contribution in [0.25, 0.3) is 16.6 Å². The Morgan fingerprint density at radius 3 is 2.55 bits per heavy atom. The molecule has 2 amide bonds. The lowest BCUT2D eigenvalue weighted by atomic mass is 9.96. The zero-order valence-electron chi connectivity index (χ0n) is 16.5. The number of likely N-dealkylation sites (tertiary alicyclic amines) is 1. The summed E-state index contributed by atoms with van der Waals surface area (Å²) in [4.78, 5) is 43.4. The lowest BCUT2D eigenvalue weighted by Crippen LogP contribution is -2.44. The number of carbonyl (C=O) groups is 2. The van der Waals surface area contributed by atoms with Gasteiger partial charge in [-0.1, -0.05) is 26.0 Å². The first-order valence-corrected chi connectivity index (χ1v) is 9.82. The molecule has 1 aliphatic rings. The molecule has 4 rings (SSSR count). The molecular formula is C20H24N6O3. The van der Waals surface area contributed by atoms with Gasteiger partial charge in [-0.15, -0.1) is 5.10 Å². The molecule has 29 heavy (non-hydrogen) atoms. The van der Waals surface area contributed by atoms with Crippen molar-refractivity contribution in [3.8, 4) is 0 Å². The molecule has 0 unspecified atom stereocenters. The molecule has 3 aromatic rings. The quantitative estimate of drug-likeness (QED) is 0.703. The van der Waals surface area contributed by atoms with E-state index >= 15 is 0 Å². The second kappa shape index (κ2) is 7.31. The third-order valence-corrected chi connectivity index (χ3v) is 5.50. The summed E-state index contributed by atoms with van der Waals surface area (Å²) in [7, 11) is 0. The van der Waals surface area contributed by atoms with Crippen molar-refractivity contribution in [3.63, 3.8) is 0 Å². The van der Waals surface area contributed by atoms with Gasteiger partial charge in [-0.05, 0) is 25.0 Å². The van der Waals surface area contributed by atoms with Gasteiger partial charge in [0.15, 0.2) is 5.65 Å². The number of fused-ring (bicyclic) bond motifs is 3. The van der Waals surface area contributed by atoms with Gasteiger partial charge in [-0.2, -0.15) is 0 Å². The largest absolute Gasteiger partial charge is 0.369 e. The van der Waals surface area contributed by atoms with Gasteiger partial charge in [0.1, 0.15) is 12.4 Å². The van der Waals surface area contributed by atoms with E-state index in [1.54, 1.807) is 4.90 Å². The molecule has 1 fully saturated rings. The number of hydrogen-bond donors (Lipinski definition) is 1. The molecule has 2 N–H and O–H groups in total. The first-order chi connectivity index (χ1) is 13.9. The first kappa shape index (κ1) is 19.1. The first-order valence-electron chi connectivity index (χ1n) is 9.82. The molecule has 1 aromatic carbocycles. The van der Waals surface area contributed by atoms with Gasteiger partial charge in [-0.3, -0.25) is 9.59 Å². The number of nitrogens with two attached hydrogens (primary N) is 1. The summed E-state index contributed by atoms with van der Waals surface area (Å²) in [5.74, 6) is -0.0790. The van der Waals surface area contributed by atoms with Crippen LogP contribution in [0.1, 0.15) is 38.4 Å². The number of para-hydroxylation sites is 1. The predicted octanol–water partition coefficient (Wildman–Crippen LogP) is 0.892. The smallest absolute Gasteiger partial charge is 0.352 e. The molecule has 0 radical (unpaired) electrons. The molecule has 9 heteroatoms. The number of hydrogen-bond acceptors (Lipinski definition) is 5. The minimum Gasteiger partial charge on any atom is -0.369 e. The standard InChI is InChI=1S/C20H24N6O3/c1-12(2)18-22-15-6-4-3-5-14(15)19-23-25(20(29)26(18)19)11-16(27)24-9-7-13(8-10-24)17(21)28/h3-6,12-13H,7-11H2,1-2H3,(H2,21,28). The van der Waals surface area contributed by atoms with E-state index in [9.17, 15) is 14.4 Å². The maximum absolute atomic E-state index is 13.0. The number of rotatable bonds is 4. The van der Waals surface area contributed by atoms with Gasteiger partial charge in [0, 0.05) is 30.3 Å². The molecule has 0 bridgehead atoms. The Morgan fingerprint density at radius 1 is 1.21 bits per heavy atom. The van der Waals surface area contributed by atoms with E-state index in [0.29, 0.717) is 37.4 Å². The highest BCUT2D eigenvalue weighted by Crippen LogP contribution is 2.21. The number of benzene rings is 1. The van der Waals surface area contributed by atoms with Crippen molar-refractivity contribution in [2.75, 3.05) is 13.1 Å². The van der Waals surface area contributed by atoms with Crippen molar-refractivity contribution in [1.82, 2.24) is 24.1 Å². The third-order valence-electron chi connectivity index (χ3n) is 5.50. The lowest BCUT2D eigenvalue weighted by Gasteiger charge is -2.30. The summed E-state index contributed by atoms with van der Waals surface area (Å²) in [6.45, 7) is 4.70. The molecule has 0 aliphatic carbocycles. The van der Waals surface area contributed by atoms with Crippen molar-refractivity contribution in [2.24, 2.45) is 11.7 Å². The fourth-order valence-electron chi connectivity index (χ4n) is 3.85. The molecule has 0 saturated carbocycles. The van der Waals surface area contributed by atoms with Gasteiger partial charge in [-0.25, -0.2) is 18.9 Å². The topological polar surface area (TPSA) is 116 Å². The molecule has 1 saturated heterocycles. The summed E-state index contributed by atoms with van der Waals surface area (Å²) in [6.07, 6.45) is 1.10. The average molecular weight is 396 g/mol. The highest BCUT2D eigenvalue weighted by molar-refractivity contribution is 5.91. The summed E-state index contributed by atoms with van der Waals surface area (Å²) in [6, 6.07) is 7.52. The minimum atomic E-state index is -0.373. The lowest BCUT2D eigenvalue weighted by molar-refractivity contribution is -0.135. The SMILES string of the molecule is CC(C)c1nc2ccccc2c2nn(CC(=O)N3CCC(C(N)=O)CC3)c(=O)n12. The van der Waals surface area contributed by atoms with Crippen molar-refractivity contribution in [1.29, 1.82) is 0 Å². The molecule has 0 atom stereocenters. The second-order valence-electron chi connectivity index (χ2n) is 7.80. The fourth-order valence-corrected chi connectivity index (χ4v) is 3.85. The number of carbonyl (C=O) groups excluding carboxylic acids is 2. The number of primary amides is 1. The van der Waals surface area contributed by atoms with E-state index in [-0.39, 0.29) is 35.9 Å². The molecule has 152 valence electrons. The summed E-state index contributed by atoms with van der Waals surface area (Å²) >= 11 is 0. The van der Waals surface area contributed by atoms with Gasteiger partial charge in [0.25, 0.3) is 0 Å². The Labute approximate surface area is 167 Å². The van der Waals surface area contributed by atoms with Crippen molar-refractivity contribution >= 4 is 28.4 Å². The number of aromatic nitrogens is 4. The maximum Gasteiger partial charge on any atom is 0.352 e. The fraction of sp³-hybridized carbons (Fsp3) is 0.450. The Balaban J connectivity index is 1.68. The zero-order valence-corrected chi connectivity index (χ0v) is 16.5. The van der Waals surface area contributed by atoms with Crippen LogP contribution < -0.4 is 11.4 Å². The normalized spacial score (nSPS) is 15.5. The van der Waals surface area contributed by atoms with E-state index in [4.69, 9.17) is 5.73 Å². The van der Waals surface area contributed by atoms with E-state index in [1.807, 2.05) is 38.1 Å². The summed E-state index contributed by atoms with van der Waals surface area (Å²) in [5.41, 5.74) is 6.25. The highest BCUT2D eigenvalue weighted by atomic mass is 16.2. The summed E-state index contributed by atoms with van der Waals surface area (Å²) < 4.78 is 2.71. The Bertz CT molecular complexity index is 1150. The molecule has 2 aromatic heterocycles. The van der Waals surface area contributed by atoms with Gasteiger partial charge in [0.2, 0.25) is 11.8 Å². The van der Waals surface area contributed by atoms with E-state index in [0.717, 1.165) is 10.9 Å². The van der Waals surface area contributed by atoms with Gasteiger partial charge >= 0.3 is 5.69 Å². The Hall–Kier alpha value is -3.23. The van der Waals surface area contributed by atoms with E-state index in [2.05, 4.69) is 10.1 Å². The predicted molar refractivity (Wildman–Crippen MR) is 107 cm³/mol. The average Bonchev–Trinajstić information content (AvgIpc) is 3.03. The Morgan fingerprint density at radius 2 is 1.90 bits per heavy atom. The molecule has 0 spiro atoms. The maximum atomic E-state index is 13.0.